The van der Waals surface area contributed by atoms with Crippen LogP contribution in [0.25, 0.3) is 21.3 Å². The van der Waals surface area contributed by atoms with Crippen LogP contribution < -0.4 is 5.56 Å². The molecule has 7 heteroatoms. The summed E-state index contributed by atoms with van der Waals surface area (Å²) in [6.45, 7) is 1.84. The fraction of sp³-hybridized carbons (Fsp3) is 0.188. The third kappa shape index (κ3) is 3.00. The second-order valence-electron chi connectivity index (χ2n) is 5.27. The number of hydrogen-bond acceptors (Lipinski definition) is 4. The number of rotatable bonds is 2. The Hall–Kier alpha value is -2.18. The molecule has 0 spiro atoms. The van der Waals surface area contributed by atoms with E-state index in [4.69, 9.17) is 11.6 Å². The molecule has 3 rings (SSSR count). The van der Waals surface area contributed by atoms with Gasteiger partial charge in [0.05, 0.1) is 5.39 Å². The molecule has 0 aliphatic heterocycles. The van der Waals surface area contributed by atoms with Crippen LogP contribution in [0.5, 0.6) is 0 Å². The van der Waals surface area contributed by atoms with E-state index in [1.54, 1.807) is 0 Å². The van der Waals surface area contributed by atoms with Gasteiger partial charge in [-0.3, -0.25) is 4.79 Å². The Balaban J connectivity index is 2.21. The average Bonchev–Trinajstić information content (AvgIpc) is 2.95. The predicted octanol–water partition coefficient (Wildman–Crippen LogP) is 3.52. The predicted molar refractivity (Wildman–Crippen MR) is 96.5 cm³/mol. The Kier molecular flexibility index (Phi) is 4.19. The SMILES string of the molecule is C/C(=N\n1cnc2scc(-c3ccc(Cl)cc3)c2c1=O)N(C)C. The van der Waals surface area contributed by atoms with E-state index in [-0.39, 0.29) is 5.56 Å². The molecule has 0 N–H and O–H groups in total. The molecule has 0 saturated heterocycles. The van der Waals surface area contributed by atoms with E-state index >= 15 is 0 Å². The topological polar surface area (TPSA) is 50.5 Å². The first-order chi connectivity index (χ1) is 11.0. The highest BCUT2D eigenvalue weighted by atomic mass is 35.5. The van der Waals surface area contributed by atoms with E-state index in [1.807, 2.05) is 55.6 Å². The zero-order valence-corrected chi connectivity index (χ0v) is 14.5. The number of halogens is 1. The zero-order chi connectivity index (χ0) is 16.6. The average molecular weight is 347 g/mol. The van der Waals surface area contributed by atoms with Gasteiger partial charge < -0.3 is 4.90 Å². The van der Waals surface area contributed by atoms with Gasteiger partial charge in [-0.15, -0.1) is 11.3 Å². The Bertz CT molecular complexity index is 941. The summed E-state index contributed by atoms with van der Waals surface area (Å²) in [5.74, 6) is 0.719. The molecule has 1 aromatic carbocycles. The first-order valence-electron chi connectivity index (χ1n) is 6.95. The summed E-state index contributed by atoms with van der Waals surface area (Å²) in [7, 11) is 3.75. The van der Waals surface area contributed by atoms with Gasteiger partial charge in [0.2, 0.25) is 0 Å². The Morgan fingerprint density at radius 1 is 1.30 bits per heavy atom. The molecule has 5 nitrogen and oxygen atoms in total. The number of benzene rings is 1. The Labute approximate surface area is 142 Å². The molecular weight excluding hydrogens is 332 g/mol. The molecule has 2 aromatic heterocycles. The second-order valence-corrected chi connectivity index (χ2v) is 6.57. The van der Waals surface area contributed by atoms with E-state index in [2.05, 4.69) is 10.1 Å². The maximum absolute atomic E-state index is 12.8. The Morgan fingerprint density at radius 3 is 2.65 bits per heavy atom. The smallest absolute Gasteiger partial charge is 0.283 e. The number of thiophene rings is 1. The molecule has 0 amide bonds. The van der Waals surface area contributed by atoms with Crippen LogP contribution >= 0.6 is 22.9 Å². The van der Waals surface area contributed by atoms with Gasteiger partial charge in [0.15, 0.2) is 0 Å². The molecule has 3 aromatic rings. The maximum atomic E-state index is 12.8. The first-order valence-corrected chi connectivity index (χ1v) is 8.21. The minimum atomic E-state index is -0.178. The third-order valence-electron chi connectivity index (χ3n) is 3.53. The summed E-state index contributed by atoms with van der Waals surface area (Å²) in [6, 6.07) is 7.41. The van der Waals surface area contributed by atoms with Crippen LogP contribution in [0.2, 0.25) is 5.02 Å². The molecule has 118 valence electrons. The van der Waals surface area contributed by atoms with Gasteiger partial charge in [0, 0.05) is 30.1 Å². The fourth-order valence-corrected chi connectivity index (χ4v) is 3.11. The van der Waals surface area contributed by atoms with E-state index < -0.39 is 0 Å². The molecule has 0 aliphatic rings. The number of amidine groups is 1. The molecule has 0 atom stereocenters. The minimum Gasteiger partial charge on any atom is -0.365 e. The van der Waals surface area contributed by atoms with Crippen LogP contribution in [-0.4, -0.2) is 34.5 Å². The lowest BCUT2D eigenvalue weighted by Gasteiger charge is -2.11. The van der Waals surface area contributed by atoms with Crippen molar-refractivity contribution in [3.05, 3.63) is 51.3 Å². The van der Waals surface area contributed by atoms with Crippen molar-refractivity contribution in [3.63, 3.8) is 0 Å². The summed E-state index contributed by atoms with van der Waals surface area (Å²) in [5.41, 5.74) is 1.61. The normalized spacial score (nSPS) is 11.9. The molecule has 0 radical (unpaired) electrons. The number of hydrogen-bond donors (Lipinski definition) is 0. The van der Waals surface area contributed by atoms with Crippen molar-refractivity contribution in [2.24, 2.45) is 5.10 Å². The van der Waals surface area contributed by atoms with Gasteiger partial charge in [0.1, 0.15) is 17.0 Å². The minimum absolute atomic E-state index is 0.178. The van der Waals surface area contributed by atoms with E-state index in [0.717, 1.165) is 17.0 Å². The molecule has 0 unspecified atom stereocenters. The lowest BCUT2D eigenvalue weighted by atomic mass is 10.1. The monoisotopic (exact) mass is 346 g/mol. The highest BCUT2D eigenvalue weighted by Gasteiger charge is 2.13. The summed E-state index contributed by atoms with van der Waals surface area (Å²) in [5, 5.41) is 7.48. The lowest BCUT2D eigenvalue weighted by Crippen LogP contribution is -2.24. The van der Waals surface area contributed by atoms with Crippen LogP contribution in [0.15, 0.2) is 45.9 Å². The van der Waals surface area contributed by atoms with Crippen molar-refractivity contribution in [3.8, 4) is 11.1 Å². The third-order valence-corrected chi connectivity index (χ3v) is 4.67. The van der Waals surface area contributed by atoms with Crippen LogP contribution in [0.4, 0.5) is 0 Å². The van der Waals surface area contributed by atoms with Crippen molar-refractivity contribution < 1.29 is 0 Å². The van der Waals surface area contributed by atoms with Crippen LogP contribution in [0.1, 0.15) is 6.92 Å². The second kappa shape index (κ2) is 6.14. The summed E-state index contributed by atoms with van der Waals surface area (Å²) in [4.78, 5) is 19.7. The summed E-state index contributed by atoms with van der Waals surface area (Å²) >= 11 is 7.38. The van der Waals surface area contributed by atoms with Gasteiger partial charge in [-0.2, -0.15) is 9.78 Å². The van der Waals surface area contributed by atoms with Gasteiger partial charge in [-0.25, -0.2) is 4.98 Å². The van der Waals surface area contributed by atoms with Crippen LogP contribution in [0.3, 0.4) is 0 Å². The molecular formula is C16H15ClN4OS. The highest BCUT2D eigenvalue weighted by molar-refractivity contribution is 7.17. The van der Waals surface area contributed by atoms with Crippen molar-refractivity contribution >= 4 is 39.0 Å². The zero-order valence-electron chi connectivity index (χ0n) is 12.9. The van der Waals surface area contributed by atoms with Crippen molar-refractivity contribution in [1.29, 1.82) is 0 Å². The van der Waals surface area contributed by atoms with Crippen molar-refractivity contribution in [2.45, 2.75) is 6.92 Å². The van der Waals surface area contributed by atoms with Crippen molar-refractivity contribution in [2.75, 3.05) is 14.1 Å². The molecule has 0 aliphatic carbocycles. The van der Waals surface area contributed by atoms with E-state index in [0.29, 0.717) is 15.2 Å². The maximum Gasteiger partial charge on any atom is 0.283 e. The first kappa shape index (κ1) is 15.7. The van der Waals surface area contributed by atoms with Gasteiger partial charge in [0.25, 0.3) is 5.56 Å². The largest absolute Gasteiger partial charge is 0.365 e. The summed E-state index contributed by atoms with van der Waals surface area (Å²) in [6.07, 6.45) is 1.46. The quantitative estimate of drug-likeness (QED) is 0.527. The number of aromatic nitrogens is 2. The highest BCUT2D eigenvalue weighted by Crippen LogP contribution is 2.31. The van der Waals surface area contributed by atoms with Crippen LogP contribution in [-0.2, 0) is 0 Å². The molecule has 2 heterocycles. The van der Waals surface area contributed by atoms with Crippen molar-refractivity contribution in [1.82, 2.24) is 14.6 Å². The van der Waals surface area contributed by atoms with E-state index in [1.165, 1.54) is 22.3 Å². The number of fused-ring (bicyclic) bond motifs is 1. The van der Waals surface area contributed by atoms with Gasteiger partial charge in [-0.05, 0) is 24.6 Å². The molecule has 0 saturated carbocycles. The molecule has 23 heavy (non-hydrogen) atoms. The molecule has 0 fully saturated rings. The van der Waals surface area contributed by atoms with Gasteiger partial charge in [-0.1, -0.05) is 23.7 Å². The summed E-state index contributed by atoms with van der Waals surface area (Å²) < 4.78 is 1.28. The molecule has 0 bridgehead atoms. The van der Waals surface area contributed by atoms with Crippen LogP contribution in [0, 0.1) is 0 Å². The standard InChI is InChI=1S/C16H15ClN4OS/c1-10(20(2)3)19-21-9-18-15-14(16(21)22)13(8-23-15)11-4-6-12(17)7-5-11/h4-9H,1-3H3/b19-10+. The number of nitrogens with zero attached hydrogens (tertiary/aromatic N) is 4. The Morgan fingerprint density at radius 2 is 2.00 bits per heavy atom. The van der Waals surface area contributed by atoms with Gasteiger partial charge >= 0.3 is 0 Å². The fourth-order valence-electron chi connectivity index (χ4n) is 2.08. The van der Waals surface area contributed by atoms with E-state index in [9.17, 15) is 4.79 Å². The lowest BCUT2D eigenvalue weighted by molar-refractivity contribution is 0.603.